The topological polar surface area (TPSA) is 84.2 Å². The third-order valence-electron chi connectivity index (χ3n) is 6.13. The Bertz CT molecular complexity index is 1070. The van der Waals surface area contributed by atoms with E-state index in [-0.39, 0.29) is 11.8 Å². The molecule has 32 heavy (non-hydrogen) atoms. The molecular weight excluding hydrogens is 402 g/mol. The number of nitrogens with zero attached hydrogens (tertiary/aromatic N) is 4. The van der Waals surface area contributed by atoms with Gasteiger partial charge in [-0.1, -0.05) is 29.4 Å². The first-order valence-corrected chi connectivity index (χ1v) is 11.3. The number of benzene rings is 1. The Labute approximate surface area is 189 Å². The predicted molar refractivity (Wildman–Crippen MR) is 124 cm³/mol. The molecule has 1 aliphatic rings. The smallest absolute Gasteiger partial charge is 0.223 e. The maximum atomic E-state index is 12.6. The average Bonchev–Trinajstić information content (AvgIpc) is 3.24. The second-order valence-corrected chi connectivity index (χ2v) is 8.83. The molecule has 0 radical (unpaired) electrons. The fourth-order valence-corrected chi connectivity index (χ4v) is 4.15. The highest BCUT2D eigenvalue weighted by molar-refractivity contribution is 5.79. The Morgan fingerprint density at radius 3 is 2.53 bits per heavy atom. The summed E-state index contributed by atoms with van der Waals surface area (Å²) in [6.45, 7) is 10.7. The molecule has 1 N–H and O–H groups in total. The lowest BCUT2D eigenvalue weighted by Crippen LogP contribution is -2.42. The van der Waals surface area contributed by atoms with Crippen LogP contribution in [0.2, 0.25) is 0 Å². The third-order valence-corrected chi connectivity index (χ3v) is 6.13. The van der Waals surface area contributed by atoms with E-state index in [0.29, 0.717) is 24.2 Å². The summed E-state index contributed by atoms with van der Waals surface area (Å²) in [6.07, 6.45) is 3.64. The highest BCUT2D eigenvalue weighted by Gasteiger charge is 2.25. The molecule has 3 heterocycles. The highest BCUT2D eigenvalue weighted by Crippen LogP contribution is 2.30. The molecule has 0 saturated carbocycles. The summed E-state index contributed by atoms with van der Waals surface area (Å²) in [5.41, 5.74) is 4.46. The van der Waals surface area contributed by atoms with Crippen LogP contribution in [0.5, 0.6) is 0 Å². The van der Waals surface area contributed by atoms with Crippen molar-refractivity contribution < 1.29 is 9.32 Å². The number of aromatic nitrogens is 3. The van der Waals surface area contributed by atoms with Crippen LogP contribution < -0.4 is 5.32 Å². The molecule has 0 spiro atoms. The predicted octanol–water partition coefficient (Wildman–Crippen LogP) is 4.15. The number of hydrogen-bond acceptors (Lipinski definition) is 6. The molecule has 0 bridgehead atoms. The number of amides is 1. The Hall–Kier alpha value is -3.06. The van der Waals surface area contributed by atoms with Crippen LogP contribution in [-0.2, 0) is 11.3 Å². The van der Waals surface area contributed by atoms with Gasteiger partial charge in [0, 0.05) is 36.3 Å². The number of aryl methyl sites for hydroxylation is 2. The highest BCUT2D eigenvalue weighted by atomic mass is 16.5. The largest absolute Gasteiger partial charge is 0.356 e. The van der Waals surface area contributed by atoms with Crippen LogP contribution in [0.3, 0.4) is 0 Å². The molecule has 1 fully saturated rings. The van der Waals surface area contributed by atoms with Gasteiger partial charge in [0.2, 0.25) is 5.91 Å². The van der Waals surface area contributed by atoms with Gasteiger partial charge in [0.1, 0.15) is 5.82 Å². The van der Waals surface area contributed by atoms with Crippen LogP contribution >= 0.6 is 0 Å². The van der Waals surface area contributed by atoms with Gasteiger partial charge in [0.15, 0.2) is 5.76 Å². The summed E-state index contributed by atoms with van der Waals surface area (Å²) >= 11 is 0. The van der Waals surface area contributed by atoms with E-state index in [1.165, 1.54) is 0 Å². The lowest BCUT2D eigenvalue weighted by atomic mass is 9.95. The number of carbonyl (C=O) groups is 1. The van der Waals surface area contributed by atoms with Gasteiger partial charge in [-0.05, 0) is 59.2 Å². The van der Waals surface area contributed by atoms with Crippen molar-refractivity contribution in [3.05, 3.63) is 53.6 Å². The zero-order valence-corrected chi connectivity index (χ0v) is 19.3. The van der Waals surface area contributed by atoms with Crippen molar-refractivity contribution in [2.45, 2.75) is 53.1 Å². The first kappa shape index (κ1) is 22.1. The molecule has 0 aliphatic carbocycles. The normalized spacial score (nSPS) is 15.3. The minimum Gasteiger partial charge on any atom is -0.356 e. The van der Waals surface area contributed by atoms with E-state index < -0.39 is 0 Å². The Morgan fingerprint density at radius 2 is 1.91 bits per heavy atom. The molecule has 1 aliphatic heterocycles. The molecule has 7 heteroatoms. The summed E-state index contributed by atoms with van der Waals surface area (Å²) in [6, 6.07) is 10.5. The van der Waals surface area contributed by atoms with E-state index in [1.54, 1.807) is 6.20 Å². The van der Waals surface area contributed by atoms with E-state index in [2.05, 4.69) is 39.2 Å². The van der Waals surface area contributed by atoms with Crippen molar-refractivity contribution in [3.63, 3.8) is 0 Å². The maximum Gasteiger partial charge on any atom is 0.223 e. The van der Waals surface area contributed by atoms with Gasteiger partial charge >= 0.3 is 0 Å². The zero-order valence-electron chi connectivity index (χ0n) is 19.3. The van der Waals surface area contributed by atoms with E-state index in [9.17, 15) is 4.79 Å². The van der Waals surface area contributed by atoms with Gasteiger partial charge in [-0.25, -0.2) is 9.97 Å². The average molecular weight is 434 g/mol. The maximum absolute atomic E-state index is 12.6. The van der Waals surface area contributed by atoms with Gasteiger partial charge in [0.25, 0.3) is 0 Å². The fraction of sp³-hybridized carbons (Fsp3) is 0.440. The summed E-state index contributed by atoms with van der Waals surface area (Å²) in [5, 5.41) is 7.10. The zero-order chi connectivity index (χ0) is 22.7. The van der Waals surface area contributed by atoms with E-state index in [4.69, 9.17) is 4.52 Å². The molecule has 1 amide bonds. The lowest BCUT2D eigenvalue weighted by molar-refractivity contribution is -0.126. The molecule has 0 atom stereocenters. The van der Waals surface area contributed by atoms with Gasteiger partial charge < -0.3 is 14.7 Å². The molecule has 4 rings (SSSR count). The Kier molecular flexibility index (Phi) is 6.65. The number of carbonyl (C=O) groups excluding carboxylic acids is 1. The van der Waals surface area contributed by atoms with Crippen LogP contribution in [0.1, 0.15) is 43.8 Å². The minimum atomic E-state index is 0.112. The van der Waals surface area contributed by atoms with E-state index in [0.717, 1.165) is 54.0 Å². The SMILES string of the molecule is Cc1cc(-c2cnc(C)nc2-c2ccc(CNC(=O)C3CCN(C(C)C)CC3)cc2)on1. The summed E-state index contributed by atoms with van der Waals surface area (Å²) < 4.78 is 5.44. The summed E-state index contributed by atoms with van der Waals surface area (Å²) in [5.74, 6) is 1.62. The Balaban J connectivity index is 1.41. The van der Waals surface area contributed by atoms with Gasteiger partial charge in [-0.2, -0.15) is 0 Å². The molecule has 7 nitrogen and oxygen atoms in total. The van der Waals surface area contributed by atoms with Gasteiger partial charge in [0.05, 0.1) is 17.0 Å². The van der Waals surface area contributed by atoms with Crippen LogP contribution in [-0.4, -0.2) is 45.1 Å². The van der Waals surface area contributed by atoms with Crippen molar-refractivity contribution in [2.75, 3.05) is 13.1 Å². The molecule has 1 saturated heterocycles. The van der Waals surface area contributed by atoms with Crippen LogP contribution in [0.4, 0.5) is 0 Å². The van der Waals surface area contributed by atoms with Crippen molar-refractivity contribution in [3.8, 4) is 22.6 Å². The minimum absolute atomic E-state index is 0.112. The monoisotopic (exact) mass is 433 g/mol. The quantitative estimate of drug-likeness (QED) is 0.629. The van der Waals surface area contributed by atoms with Crippen LogP contribution in [0.15, 0.2) is 41.1 Å². The standard InChI is InChI=1S/C25H31N5O2/c1-16(2)30-11-9-21(10-12-30)25(31)27-14-19-5-7-20(8-6-19)24-22(15-26-18(4)28-24)23-13-17(3)29-32-23/h5-8,13,15-16,21H,9-12,14H2,1-4H3,(H,27,31). The van der Waals surface area contributed by atoms with Crippen LogP contribution in [0, 0.1) is 19.8 Å². The number of rotatable bonds is 6. The second kappa shape index (κ2) is 9.61. The number of likely N-dealkylation sites (tertiary alicyclic amines) is 1. The number of hydrogen-bond donors (Lipinski definition) is 1. The molecule has 0 unspecified atom stereocenters. The molecule has 1 aromatic carbocycles. The lowest BCUT2D eigenvalue weighted by Gasteiger charge is -2.33. The van der Waals surface area contributed by atoms with Gasteiger partial charge in [-0.15, -0.1) is 0 Å². The van der Waals surface area contributed by atoms with Crippen molar-refractivity contribution >= 4 is 5.91 Å². The number of nitrogens with one attached hydrogen (secondary N) is 1. The summed E-state index contributed by atoms with van der Waals surface area (Å²) in [7, 11) is 0. The number of piperidine rings is 1. The van der Waals surface area contributed by atoms with Crippen molar-refractivity contribution in [1.29, 1.82) is 0 Å². The van der Waals surface area contributed by atoms with Crippen molar-refractivity contribution in [1.82, 2.24) is 25.3 Å². The second-order valence-electron chi connectivity index (χ2n) is 8.83. The fourth-order valence-electron chi connectivity index (χ4n) is 4.15. The third kappa shape index (κ3) is 5.05. The molecule has 2 aromatic heterocycles. The first-order valence-electron chi connectivity index (χ1n) is 11.3. The molecular formula is C25H31N5O2. The van der Waals surface area contributed by atoms with E-state index in [1.807, 2.05) is 44.2 Å². The molecule has 3 aromatic rings. The first-order chi connectivity index (χ1) is 15.4. The Morgan fingerprint density at radius 1 is 1.19 bits per heavy atom. The van der Waals surface area contributed by atoms with Crippen LogP contribution in [0.25, 0.3) is 22.6 Å². The summed E-state index contributed by atoms with van der Waals surface area (Å²) in [4.78, 5) is 24.0. The molecule has 168 valence electrons. The van der Waals surface area contributed by atoms with E-state index >= 15 is 0 Å². The van der Waals surface area contributed by atoms with Crippen molar-refractivity contribution in [2.24, 2.45) is 5.92 Å². The van der Waals surface area contributed by atoms with Gasteiger partial charge in [-0.3, -0.25) is 4.79 Å².